The van der Waals surface area contributed by atoms with Gasteiger partial charge in [0.15, 0.2) is 11.5 Å². The van der Waals surface area contributed by atoms with Gasteiger partial charge in [0.25, 0.3) is 0 Å². The van der Waals surface area contributed by atoms with Crippen molar-refractivity contribution in [3.63, 3.8) is 0 Å². The number of hydrogen-bond acceptors (Lipinski definition) is 8. The molecule has 0 fully saturated rings. The van der Waals surface area contributed by atoms with E-state index in [9.17, 15) is 10.1 Å². The highest BCUT2D eigenvalue weighted by Crippen LogP contribution is 2.37. The first-order chi connectivity index (χ1) is 11.3. The lowest BCUT2D eigenvalue weighted by Gasteiger charge is -2.21. The van der Waals surface area contributed by atoms with Crippen molar-refractivity contribution in [2.45, 2.75) is 26.3 Å². The van der Waals surface area contributed by atoms with E-state index in [1.807, 2.05) is 20.8 Å². The standard InChI is InChI=1S/C15H17N5O4/c1-15(2,3)19-14-12(20(21)22)13(16-7-17-14)18-9-4-5-10-11(6-9)24-8-23-10/h4-7H,8H2,1-3H3,(H2,16,17,18,19). The van der Waals surface area contributed by atoms with E-state index >= 15 is 0 Å². The Labute approximate surface area is 138 Å². The number of nitro groups is 1. The average molecular weight is 331 g/mol. The summed E-state index contributed by atoms with van der Waals surface area (Å²) in [5.41, 5.74) is 0.00244. The summed E-state index contributed by atoms with van der Waals surface area (Å²) in [5, 5.41) is 17.5. The second kappa shape index (κ2) is 5.84. The number of hydrogen-bond donors (Lipinski definition) is 2. The SMILES string of the molecule is CC(C)(C)Nc1ncnc(Nc2ccc3c(c2)OCO3)c1[N+](=O)[O-]. The first kappa shape index (κ1) is 15.8. The summed E-state index contributed by atoms with van der Waals surface area (Å²) >= 11 is 0. The number of anilines is 3. The Bertz CT molecular complexity index is 788. The third-order valence-corrected chi connectivity index (χ3v) is 3.13. The van der Waals surface area contributed by atoms with Crippen LogP contribution in [0.1, 0.15) is 20.8 Å². The van der Waals surface area contributed by atoms with E-state index in [0.29, 0.717) is 17.2 Å². The molecule has 0 saturated heterocycles. The van der Waals surface area contributed by atoms with Crippen LogP contribution >= 0.6 is 0 Å². The van der Waals surface area contributed by atoms with Gasteiger partial charge >= 0.3 is 5.69 Å². The zero-order chi connectivity index (χ0) is 17.3. The molecule has 2 N–H and O–H groups in total. The number of fused-ring (bicyclic) bond motifs is 1. The molecule has 9 heteroatoms. The van der Waals surface area contributed by atoms with Crippen molar-refractivity contribution < 1.29 is 14.4 Å². The van der Waals surface area contributed by atoms with E-state index < -0.39 is 4.92 Å². The second-order valence-electron chi connectivity index (χ2n) is 6.24. The fraction of sp³-hybridized carbons (Fsp3) is 0.333. The molecule has 3 rings (SSSR count). The Morgan fingerprint density at radius 3 is 2.58 bits per heavy atom. The van der Waals surface area contributed by atoms with Crippen molar-refractivity contribution in [3.8, 4) is 11.5 Å². The third-order valence-electron chi connectivity index (χ3n) is 3.13. The van der Waals surface area contributed by atoms with Crippen LogP contribution in [0.2, 0.25) is 0 Å². The Hall–Kier alpha value is -3.10. The molecular weight excluding hydrogens is 314 g/mol. The summed E-state index contributed by atoms with van der Waals surface area (Å²) < 4.78 is 10.5. The molecule has 0 amide bonds. The zero-order valence-electron chi connectivity index (χ0n) is 13.5. The van der Waals surface area contributed by atoms with Gasteiger partial charge in [0.2, 0.25) is 18.4 Å². The van der Waals surface area contributed by atoms with Gasteiger partial charge in [0, 0.05) is 17.3 Å². The summed E-state index contributed by atoms with van der Waals surface area (Å²) in [6.07, 6.45) is 1.27. The van der Waals surface area contributed by atoms with E-state index in [2.05, 4.69) is 20.6 Å². The number of benzene rings is 1. The summed E-state index contributed by atoms with van der Waals surface area (Å²) in [4.78, 5) is 19.0. The maximum Gasteiger partial charge on any atom is 0.353 e. The van der Waals surface area contributed by atoms with Crippen molar-refractivity contribution in [1.82, 2.24) is 9.97 Å². The Kier molecular flexibility index (Phi) is 3.84. The number of rotatable bonds is 4. The zero-order valence-corrected chi connectivity index (χ0v) is 13.5. The van der Waals surface area contributed by atoms with E-state index in [1.165, 1.54) is 6.33 Å². The van der Waals surface area contributed by atoms with Crippen LogP contribution in [0.3, 0.4) is 0 Å². The fourth-order valence-electron chi connectivity index (χ4n) is 2.20. The summed E-state index contributed by atoms with van der Waals surface area (Å²) in [7, 11) is 0. The Balaban J connectivity index is 1.95. The maximum atomic E-state index is 11.5. The highest BCUT2D eigenvalue weighted by atomic mass is 16.7. The van der Waals surface area contributed by atoms with Crippen molar-refractivity contribution >= 4 is 23.0 Å². The minimum absolute atomic E-state index is 0.0978. The first-order valence-electron chi connectivity index (χ1n) is 7.28. The first-order valence-corrected chi connectivity index (χ1v) is 7.28. The molecule has 9 nitrogen and oxygen atoms in total. The molecule has 126 valence electrons. The molecule has 2 heterocycles. The van der Waals surface area contributed by atoms with Gasteiger partial charge in [0.05, 0.1) is 4.92 Å². The summed E-state index contributed by atoms with van der Waals surface area (Å²) in [5.74, 6) is 1.46. The molecule has 1 aromatic carbocycles. The van der Waals surface area contributed by atoms with E-state index in [0.717, 1.165) is 0 Å². The van der Waals surface area contributed by atoms with E-state index in [1.54, 1.807) is 18.2 Å². The van der Waals surface area contributed by atoms with Gasteiger partial charge in [0.1, 0.15) is 6.33 Å². The number of nitrogens with one attached hydrogen (secondary N) is 2. The highest BCUT2D eigenvalue weighted by molar-refractivity contribution is 5.74. The summed E-state index contributed by atoms with van der Waals surface area (Å²) in [6, 6.07) is 5.16. The van der Waals surface area contributed by atoms with Gasteiger partial charge in [-0.15, -0.1) is 0 Å². The van der Waals surface area contributed by atoms with Gasteiger partial charge in [-0.2, -0.15) is 0 Å². The van der Waals surface area contributed by atoms with Crippen LogP contribution in [-0.2, 0) is 0 Å². The smallest absolute Gasteiger partial charge is 0.353 e. The lowest BCUT2D eigenvalue weighted by molar-refractivity contribution is -0.383. The van der Waals surface area contributed by atoms with Crippen LogP contribution in [-0.4, -0.2) is 27.2 Å². The van der Waals surface area contributed by atoms with Gasteiger partial charge < -0.3 is 20.1 Å². The number of nitrogens with zero attached hydrogens (tertiary/aromatic N) is 3. The molecule has 0 atom stereocenters. The molecule has 1 aliphatic heterocycles. The van der Waals surface area contributed by atoms with Gasteiger partial charge in [-0.25, -0.2) is 9.97 Å². The van der Waals surface area contributed by atoms with Crippen molar-refractivity contribution in [2.75, 3.05) is 17.4 Å². The lowest BCUT2D eigenvalue weighted by atomic mass is 10.1. The molecule has 0 spiro atoms. The monoisotopic (exact) mass is 331 g/mol. The predicted octanol–water partition coefficient (Wildman–Crippen LogP) is 3.07. The van der Waals surface area contributed by atoms with Crippen molar-refractivity contribution in [2.24, 2.45) is 0 Å². The number of aromatic nitrogens is 2. The maximum absolute atomic E-state index is 11.5. The highest BCUT2D eigenvalue weighted by Gasteiger charge is 2.26. The number of ether oxygens (including phenoxy) is 2. The van der Waals surface area contributed by atoms with E-state index in [-0.39, 0.29) is 29.7 Å². The fourth-order valence-corrected chi connectivity index (χ4v) is 2.20. The topological polar surface area (TPSA) is 111 Å². The van der Waals surface area contributed by atoms with Crippen molar-refractivity contribution in [3.05, 3.63) is 34.6 Å². The van der Waals surface area contributed by atoms with Crippen molar-refractivity contribution in [1.29, 1.82) is 0 Å². The third kappa shape index (κ3) is 3.29. The molecule has 0 radical (unpaired) electrons. The molecular formula is C15H17N5O4. The van der Waals surface area contributed by atoms with Gasteiger partial charge in [-0.1, -0.05) is 0 Å². The molecule has 0 bridgehead atoms. The Morgan fingerprint density at radius 2 is 1.88 bits per heavy atom. The van der Waals surface area contributed by atoms with Crippen LogP contribution in [0.25, 0.3) is 0 Å². The minimum Gasteiger partial charge on any atom is -0.454 e. The molecule has 1 aliphatic rings. The largest absolute Gasteiger partial charge is 0.454 e. The molecule has 0 aliphatic carbocycles. The molecule has 0 unspecified atom stereocenters. The van der Waals surface area contributed by atoms with Gasteiger partial charge in [-0.05, 0) is 32.9 Å². The second-order valence-corrected chi connectivity index (χ2v) is 6.24. The van der Waals surface area contributed by atoms with E-state index in [4.69, 9.17) is 9.47 Å². The lowest BCUT2D eigenvalue weighted by Crippen LogP contribution is -2.27. The van der Waals surface area contributed by atoms with Crippen LogP contribution in [0.4, 0.5) is 23.0 Å². The normalized spacial score (nSPS) is 12.8. The van der Waals surface area contributed by atoms with Crippen LogP contribution in [0.15, 0.2) is 24.5 Å². The van der Waals surface area contributed by atoms with Crippen LogP contribution in [0, 0.1) is 10.1 Å². The average Bonchev–Trinajstić information content (AvgIpc) is 2.93. The molecule has 24 heavy (non-hydrogen) atoms. The quantitative estimate of drug-likeness (QED) is 0.649. The summed E-state index contributed by atoms with van der Waals surface area (Å²) in [6.45, 7) is 5.84. The Morgan fingerprint density at radius 1 is 1.17 bits per heavy atom. The predicted molar refractivity (Wildman–Crippen MR) is 87.9 cm³/mol. The molecule has 0 saturated carbocycles. The van der Waals surface area contributed by atoms with Crippen LogP contribution in [0.5, 0.6) is 11.5 Å². The minimum atomic E-state index is -0.511. The molecule has 2 aromatic rings. The van der Waals surface area contributed by atoms with Gasteiger partial charge in [-0.3, -0.25) is 10.1 Å². The van der Waals surface area contributed by atoms with Crippen LogP contribution < -0.4 is 20.1 Å². The molecule has 1 aromatic heterocycles.